The van der Waals surface area contributed by atoms with E-state index in [-0.39, 0.29) is 0 Å². The Bertz CT molecular complexity index is 7350. The summed E-state index contributed by atoms with van der Waals surface area (Å²) < 4.78 is 0. The smallest absolute Gasteiger partial charge is 0.187 e. The summed E-state index contributed by atoms with van der Waals surface area (Å²) in [5, 5.41) is 35.3. The molecule has 114 heavy (non-hydrogen) atoms. The van der Waals surface area contributed by atoms with Crippen molar-refractivity contribution >= 4 is 103 Å². The van der Waals surface area contributed by atoms with E-state index in [1.54, 1.807) is 0 Å². The van der Waals surface area contributed by atoms with Crippen molar-refractivity contribution in [1.29, 1.82) is 10.5 Å². The number of nitrogens with zero attached hydrogens (tertiary/aromatic N) is 9. The van der Waals surface area contributed by atoms with Gasteiger partial charge in [-0.3, -0.25) is 0 Å². The molecule has 9 nitrogen and oxygen atoms in total. The van der Waals surface area contributed by atoms with Crippen LogP contribution in [-0.4, -0.2) is 29.9 Å². The van der Waals surface area contributed by atoms with E-state index in [9.17, 15) is 0 Å². The Hall–Kier alpha value is -16.0. The van der Waals surface area contributed by atoms with Gasteiger partial charge in [-0.1, -0.05) is 273 Å². The average Bonchev–Trinajstić information content (AvgIpc) is 0.781. The molecule has 3 heterocycles. The van der Waals surface area contributed by atoms with Crippen molar-refractivity contribution in [2.75, 3.05) is 0 Å². The van der Waals surface area contributed by atoms with E-state index in [2.05, 4.69) is 250 Å². The van der Waals surface area contributed by atoms with E-state index >= 15 is 0 Å². The van der Waals surface area contributed by atoms with Gasteiger partial charge in [-0.05, 0) is 222 Å². The molecule has 3 aromatic heterocycles. The minimum absolute atomic E-state index is 0.656. The third kappa shape index (κ3) is 13.6. The summed E-state index contributed by atoms with van der Waals surface area (Å²) in [6, 6.07) is 130. The Labute approximate surface area is 657 Å². The van der Waals surface area contributed by atoms with Crippen molar-refractivity contribution in [1.82, 2.24) is 29.9 Å². The molecular weight excluding hydrogens is 1390 g/mol. The van der Waals surface area contributed by atoms with Crippen LogP contribution in [0.4, 0.5) is 5.69 Å². The minimum atomic E-state index is 0.656. The van der Waals surface area contributed by atoms with Crippen LogP contribution >= 0.6 is 0 Å². The van der Waals surface area contributed by atoms with Gasteiger partial charge < -0.3 is 0 Å². The topological polar surface area (TPSA) is 129 Å². The molecule has 21 aromatic rings. The number of nitriles is 2. The van der Waals surface area contributed by atoms with Crippen LogP contribution < -0.4 is 0 Å². The fourth-order valence-electron chi connectivity index (χ4n) is 15.4. The van der Waals surface area contributed by atoms with Crippen LogP contribution in [0.2, 0.25) is 0 Å². The molecule has 21 rings (SSSR count). The molecule has 9 heteroatoms. The number of hydrogen-bond donors (Lipinski definition) is 0. The van der Waals surface area contributed by atoms with Crippen molar-refractivity contribution in [3.8, 4) is 113 Å². The number of benzene rings is 18. The molecule has 0 saturated carbocycles. The fourth-order valence-corrected chi connectivity index (χ4v) is 15.4. The highest BCUT2D eigenvalue weighted by Crippen LogP contribution is 2.39. The average molecular weight is 1450 g/mol. The second kappa shape index (κ2) is 29.9. The van der Waals surface area contributed by atoms with Crippen LogP contribution in [0.25, 0.3) is 203 Å². The maximum atomic E-state index is 9.13. The van der Waals surface area contributed by atoms with E-state index in [0.29, 0.717) is 16.8 Å². The van der Waals surface area contributed by atoms with Crippen molar-refractivity contribution in [2.24, 2.45) is 0 Å². The van der Waals surface area contributed by atoms with E-state index in [4.69, 9.17) is 32.0 Å². The first-order valence-electron chi connectivity index (χ1n) is 37.6. The van der Waals surface area contributed by atoms with E-state index in [0.717, 1.165) is 133 Å². The van der Waals surface area contributed by atoms with Crippen molar-refractivity contribution in [3.05, 3.63) is 405 Å². The lowest BCUT2D eigenvalue weighted by Gasteiger charge is -2.11. The second-order valence-corrected chi connectivity index (χ2v) is 28.3. The number of hydrogen-bond acceptors (Lipinski definition) is 8. The van der Waals surface area contributed by atoms with Gasteiger partial charge >= 0.3 is 0 Å². The Balaban J connectivity index is 0.000000115. The molecule has 0 aliphatic carbocycles. The quantitative estimate of drug-likeness (QED) is 0.131. The van der Waals surface area contributed by atoms with E-state index < -0.39 is 0 Å². The van der Waals surface area contributed by atoms with Gasteiger partial charge in [0.25, 0.3) is 0 Å². The number of fused-ring (bicyclic) bond motifs is 9. The summed E-state index contributed by atoms with van der Waals surface area (Å²) in [6.45, 7) is 7.19. The molecular formula is C105H63N9. The third-order valence-corrected chi connectivity index (χ3v) is 21.4. The first-order valence-corrected chi connectivity index (χ1v) is 37.6. The minimum Gasteiger partial charge on any atom is -0.238 e. The molecule has 0 unspecified atom stereocenters. The Morgan fingerprint density at radius 2 is 0.491 bits per heavy atom. The van der Waals surface area contributed by atoms with Crippen LogP contribution in [0, 0.1) is 29.2 Å². The predicted molar refractivity (Wildman–Crippen MR) is 468 cm³/mol. The molecule has 0 spiro atoms. The monoisotopic (exact) mass is 1450 g/mol. The molecule has 18 aromatic carbocycles. The highest BCUT2D eigenvalue weighted by molar-refractivity contribution is 6.04. The molecule has 0 bridgehead atoms. The summed E-state index contributed by atoms with van der Waals surface area (Å²) in [5.74, 6) is 2.22. The lowest BCUT2D eigenvalue weighted by molar-refractivity contribution is 1.23. The van der Waals surface area contributed by atoms with Crippen LogP contribution in [0.15, 0.2) is 383 Å². The zero-order valence-corrected chi connectivity index (χ0v) is 61.4. The zero-order chi connectivity index (χ0) is 76.4. The maximum absolute atomic E-state index is 9.13. The van der Waals surface area contributed by atoms with Gasteiger partial charge in [-0.25, -0.2) is 34.7 Å². The predicted octanol–water partition coefficient (Wildman–Crippen LogP) is 27.1. The van der Waals surface area contributed by atoms with Gasteiger partial charge in [0, 0.05) is 51.4 Å². The van der Waals surface area contributed by atoms with Crippen molar-refractivity contribution in [3.63, 3.8) is 0 Å². The van der Waals surface area contributed by atoms with Crippen LogP contribution in [-0.2, 0) is 0 Å². The van der Waals surface area contributed by atoms with Gasteiger partial charge in [-0.15, -0.1) is 0 Å². The molecule has 0 radical (unpaired) electrons. The summed E-state index contributed by atoms with van der Waals surface area (Å²) in [7, 11) is 0. The molecule has 528 valence electrons. The molecule has 0 fully saturated rings. The fraction of sp³-hybridized carbons (Fsp3) is 0. The molecule has 0 N–H and O–H groups in total. The van der Waals surface area contributed by atoms with E-state index in [1.165, 1.54) is 65.7 Å². The van der Waals surface area contributed by atoms with Crippen molar-refractivity contribution in [2.45, 2.75) is 0 Å². The Kier molecular flexibility index (Phi) is 18.0. The largest absolute Gasteiger partial charge is 0.238 e. The van der Waals surface area contributed by atoms with Gasteiger partial charge in [0.15, 0.2) is 23.2 Å². The van der Waals surface area contributed by atoms with Gasteiger partial charge in [0.1, 0.15) is 0 Å². The molecule has 0 atom stereocenters. The van der Waals surface area contributed by atoms with E-state index in [1.807, 2.05) is 164 Å². The number of aromatic nitrogens is 6. The lowest BCUT2D eigenvalue weighted by atomic mass is 9.93. The Morgan fingerprint density at radius 1 is 0.219 bits per heavy atom. The van der Waals surface area contributed by atoms with Crippen LogP contribution in [0.1, 0.15) is 11.1 Å². The first-order chi connectivity index (χ1) is 56.3. The Morgan fingerprint density at radius 3 is 0.851 bits per heavy atom. The van der Waals surface area contributed by atoms with Gasteiger partial charge in [0.05, 0.1) is 46.4 Å². The summed E-state index contributed by atoms with van der Waals surface area (Å²) in [4.78, 5) is 31.9. The summed E-state index contributed by atoms with van der Waals surface area (Å²) >= 11 is 0. The third-order valence-electron chi connectivity index (χ3n) is 21.4. The first kappa shape index (κ1) is 68.5. The molecule has 0 amide bonds. The lowest BCUT2D eigenvalue weighted by Crippen LogP contribution is -1.91. The maximum Gasteiger partial charge on any atom is 0.187 e. The van der Waals surface area contributed by atoms with Gasteiger partial charge in [-0.2, -0.15) is 10.5 Å². The highest BCUT2D eigenvalue weighted by Gasteiger charge is 2.16. The standard InChI is InChI=1S/3C35H21N3/c1-36-31-16-13-23(14-17-31)25-11-9-24-10-12-26(21-30(24)20-25)27-15-18-32-28(19-27)6-4-7-33(32)35-37-22-29-5-2-3-8-34(29)38-35;36-21-23-11-13-24(14-12-23)30-8-3-6-27-19-25(15-17-31(27)30)26-16-18-32-28(20-26)7-4-9-33(32)35-37-22-29-5-1-2-10-34(29)38-35;36-21-23-8-10-24(11-9-23)25-12-13-27-19-28(15-14-26(27)18-25)29-16-17-32-30(20-29)5-3-6-33(32)35-37-22-31-4-1-2-7-34(31)38-35/h2-22H;2*1-20,22H. The van der Waals surface area contributed by atoms with Gasteiger partial charge in [0.2, 0.25) is 0 Å². The normalized spacial score (nSPS) is 11.1. The zero-order valence-electron chi connectivity index (χ0n) is 61.4. The highest BCUT2D eigenvalue weighted by atomic mass is 14.9. The molecule has 0 aliphatic heterocycles. The van der Waals surface area contributed by atoms with Crippen LogP contribution in [0.5, 0.6) is 0 Å². The second-order valence-electron chi connectivity index (χ2n) is 28.3. The summed E-state index contributed by atoms with van der Waals surface area (Å²) in [5.41, 5.74) is 21.8. The number of para-hydroxylation sites is 3. The van der Waals surface area contributed by atoms with Crippen LogP contribution in [0.3, 0.4) is 0 Å². The van der Waals surface area contributed by atoms with Crippen molar-refractivity contribution < 1.29 is 0 Å². The molecule has 0 aliphatic rings. The summed E-state index contributed by atoms with van der Waals surface area (Å²) in [6.07, 6.45) is 5.69. The SMILES string of the molecule is N#Cc1ccc(-c2ccc3cc(-c4ccc5c(-c6ncc7ccccc7n6)cccc5c4)ccc3c2)cc1.N#Cc1ccc(-c2cccc3cc(-c4ccc5c(-c6ncc7ccccc7n6)cccc5c4)ccc23)cc1.[C-]#[N+]c1ccc(-c2ccc3ccc(-c4ccc5c(-c6ncc7ccccc7n6)cccc5c4)cc3c2)cc1. The number of rotatable bonds is 9. The molecule has 0 saturated heterocycles.